The summed E-state index contributed by atoms with van der Waals surface area (Å²) in [6.07, 6.45) is 1.52. The first-order valence-electron chi connectivity index (χ1n) is 8.46. The second-order valence-electron chi connectivity index (χ2n) is 6.27. The predicted molar refractivity (Wildman–Crippen MR) is 97.4 cm³/mol. The standard InChI is InChI=1S/C19H18FNO6S/c1-26-17-9-4-13(10-18(17)28(24,25)21-15-7-8-15)19(23)27-11-16(22)12-2-5-14(20)6-3-12/h2-6,9-10,15,21H,7-8,11H2,1H3. The average molecular weight is 407 g/mol. The number of ether oxygens (including phenoxy) is 2. The molecular formula is C19H18FNO6S. The second-order valence-corrected chi connectivity index (χ2v) is 7.95. The van der Waals surface area contributed by atoms with E-state index in [0.29, 0.717) is 0 Å². The van der Waals surface area contributed by atoms with E-state index in [-0.39, 0.29) is 27.8 Å². The molecule has 0 unspecified atom stereocenters. The number of carbonyl (C=O) groups is 2. The highest BCUT2D eigenvalue weighted by atomic mass is 32.2. The monoisotopic (exact) mass is 407 g/mol. The van der Waals surface area contributed by atoms with Gasteiger partial charge in [-0.2, -0.15) is 0 Å². The number of rotatable bonds is 8. The summed E-state index contributed by atoms with van der Waals surface area (Å²) in [5.41, 5.74) is 0.157. The van der Waals surface area contributed by atoms with Crippen LogP contribution in [0.15, 0.2) is 47.4 Å². The van der Waals surface area contributed by atoms with Crippen LogP contribution in [-0.4, -0.2) is 39.9 Å². The summed E-state index contributed by atoms with van der Waals surface area (Å²) < 4.78 is 50.4. The minimum atomic E-state index is -3.86. The van der Waals surface area contributed by atoms with E-state index in [1.165, 1.54) is 31.4 Å². The second kappa shape index (κ2) is 8.07. The molecule has 1 saturated carbocycles. The number of benzene rings is 2. The molecule has 9 heteroatoms. The predicted octanol–water partition coefficient (Wildman–Crippen LogP) is 2.31. The molecule has 2 aromatic rings. The minimum Gasteiger partial charge on any atom is -0.495 e. The summed E-state index contributed by atoms with van der Waals surface area (Å²) in [5, 5.41) is 0. The van der Waals surface area contributed by atoms with Gasteiger partial charge in [0.05, 0.1) is 12.7 Å². The van der Waals surface area contributed by atoms with E-state index in [1.54, 1.807) is 0 Å². The number of halogens is 1. The third kappa shape index (κ3) is 4.73. The van der Waals surface area contributed by atoms with Gasteiger partial charge in [0.2, 0.25) is 10.0 Å². The topological polar surface area (TPSA) is 98.8 Å². The minimum absolute atomic E-state index is 0.0381. The molecule has 1 aliphatic carbocycles. The normalized spacial score (nSPS) is 13.8. The Kier molecular flexibility index (Phi) is 5.76. The Morgan fingerprint density at radius 1 is 1.11 bits per heavy atom. The smallest absolute Gasteiger partial charge is 0.338 e. The average Bonchev–Trinajstić information content (AvgIpc) is 3.49. The van der Waals surface area contributed by atoms with Crippen LogP contribution in [-0.2, 0) is 14.8 Å². The van der Waals surface area contributed by atoms with Crippen LogP contribution in [0.25, 0.3) is 0 Å². The van der Waals surface area contributed by atoms with Gasteiger partial charge in [-0.15, -0.1) is 0 Å². The fraction of sp³-hybridized carbons (Fsp3) is 0.263. The van der Waals surface area contributed by atoms with Gasteiger partial charge >= 0.3 is 5.97 Å². The Labute approximate surface area is 161 Å². The van der Waals surface area contributed by atoms with Crippen molar-refractivity contribution in [2.75, 3.05) is 13.7 Å². The molecule has 0 aromatic heterocycles. The van der Waals surface area contributed by atoms with Crippen molar-refractivity contribution in [3.63, 3.8) is 0 Å². The molecule has 0 radical (unpaired) electrons. The molecule has 148 valence electrons. The van der Waals surface area contributed by atoms with Crippen molar-refractivity contribution >= 4 is 21.8 Å². The van der Waals surface area contributed by atoms with Crippen molar-refractivity contribution in [2.24, 2.45) is 0 Å². The molecule has 0 heterocycles. The van der Waals surface area contributed by atoms with E-state index in [2.05, 4.69) is 4.72 Å². The molecule has 0 amide bonds. The zero-order valence-electron chi connectivity index (χ0n) is 15.0. The van der Waals surface area contributed by atoms with Crippen molar-refractivity contribution in [3.8, 4) is 5.75 Å². The van der Waals surface area contributed by atoms with Crippen LogP contribution < -0.4 is 9.46 Å². The van der Waals surface area contributed by atoms with Crippen LogP contribution >= 0.6 is 0 Å². The Morgan fingerprint density at radius 2 is 1.75 bits per heavy atom. The molecule has 0 bridgehead atoms. The third-order valence-electron chi connectivity index (χ3n) is 4.09. The zero-order chi connectivity index (χ0) is 20.3. The molecular weight excluding hydrogens is 389 g/mol. The van der Waals surface area contributed by atoms with Crippen LogP contribution in [0.4, 0.5) is 4.39 Å². The quantitative estimate of drug-likeness (QED) is 0.533. The zero-order valence-corrected chi connectivity index (χ0v) is 15.8. The Bertz CT molecular complexity index is 1000. The van der Waals surface area contributed by atoms with E-state index in [9.17, 15) is 22.4 Å². The summed E-state index contributed by atoms with van der Waals surface area (Å²) in [4.78, 5) is 24.1. The summed E-state index contributed by atoms with van der Waals surface area (Å²) in [6, 6.07) is 8.55. The van der Waals surface area contributed by atoms with Gasteiger partial charge in [0.25, 0.3) is 0 Å². The first kappa shape index (κ1) is 20.0. The molecule has 3 rings (SSSR count). The fourth-order valence-electron chi connectivity index (χ4n) is 2.43. The van der Waals surface area contributed by atoms with E-state index < -0.39 is 34.2 Å². The van der Waals surface area contributed by atoms with Gasteiger partial charge in [0, 0.05) is 11.6 Å². The maximum absolute atomic E-state index is 12.9. The summed E-state index contributed by atoms with van der Waals surface area (Å²) >= 11 is 0. The highest BCUT2D eigenvalue weighted by Crippen LogP contribution is 2.28. The SMILES string of the molecule is COc1ccc(C(=O)OCC(=O)c2ccc(F)cc2)cc1S(=O)(=O)NC1CC1. The first-order chi connectivity index (χ1) is 13.3. The van der Waals surface area contributed by atoms with Gasteiger partial charge in [0.1, 0.15) is 16.5 Å². The molecule has 28 heavy (non-hydrogen) atoms. The number of hydrogen-bond acceptors (Lipinski definition) is 6. The Morgan fingerprint density at radius 3 is 2.36 bits per heavy atom. The number of sulfonamides is 1. The molecule has 0 aliphatic heterocycles. The molecule has 1 aliphatic rings. The fourth-order valence-corrected chi connectivity index (χ4v) is 3.93. The number of esters is 1. The summed E-state index contributed by atoms with van der Waals surface area (Å²) in [6.45, 7) is -0.557. The lowest BCUT2D eigenvalue weighted by atomic mass is 10.1. The largest absolute Gasteiger partial charge is 0.495 e. The summed E-state index contributed by atoms with van der Waals surface area (Å²) in [7, 11) is -2.54. The maximum atomic E-state index is 12.9. The van der Waals surface area contributed by atoms with Gasteiger partial charge in [-0.3, -0.25) is 4.79 Å². The van der Waals surface area contributed by atoms with Crippen molar-refractivity contribution in [2.45, 2.75) is 23.8 Å². The molecule has 0 atom stereocenters. The van der Waals surface area contributed by atoms with Crippen LogP contribution in [0.2, 0.25) is 0 Å². The maximum Gasteiger partial charge on any atom is 0.338 e. The van der Waals surface area contributed by atoms with Crippen molar-refractivity contribution in [1.29, 1.82) is 0 Å². The number of nitrogens with one attached hydrogen (secondary N) is 1. The molecule has 7 nitrogen and oxygen atoms in total. The van der Waals surface area contributed by atoms with E-state index in [1.807, 2.05) is 0 Å². The summed E-state index contributed by atoms with van der Waals surface area (Å²) in [5.74, 6) is -1.77. The van der Waals surface area contributed by atoms with Gasteiger partial charge in [-0.05, 0) is 55.3 Å². The van der Waals surface area contributed by atoms with Crippen LogP contribution in [0.3, 0.4) is 0 Å². The van der Waals surface area contributed by atoms with Crippen molar-refractivity contribution in [3.05, 3.63) is 59.4 Å². The molecule has 1 N–H and O–H groups in total. The van der Waals surface area contributed by atoms with Crippen LogP contribution in [0.1, 0.15) is 33.6 Å². The van der Waals surface area contributed by atoms with Crippen LogP contribution in [0.5, 0.6) is 5.75 Å². The van der Waals surface area contributed by atoms with E-state index in [0.717, 1.165) is 31.0 Å². The Hall–Kier alpha value is -2.78. The Balaban J connectivity index is 1.73. The number of ketones is 1. The highest BCUT2D eigenvalue weighted by molar-refractivity contribution is 7.89. The van der Waals surface area contributed by atoms with Crippen molar-refractivity contribution < 1.29 is 31.9 Å². The van der Waals surface area contributed by atoms with E-state index >= 15 is 0 Å². The van der Waals surface area contributed by atoms with Crippen LogP contribution in [0, 0.1) is 5.82 Å². The van der Waals surface area contributed by atoms with E-state index in [4.69, 9.17) is 9.47 Å². The lowest BCUT2D eigenvalue weighted by molar-refractivity contribution is 0.0474. The van der Waals surface area contributed by atoms with Gasteiger partial charge in [0.15, 0.2) is 12.4 Å². The molecule has 0 saturated heterocycles. The molecule has 0 spiro atoms. The van der Waals surface area contributed by atoms with Gasteiger partial charge < -0.3 is 9.47 Å². The van der Waals surface area contributed by atoms with Crippen molar-refractivity contribution in [1.82, 2.24) is 4.72 Å². The molecule has 2 aromatic carbocycles. The lowest BCUT2D eigenvalue weighted by Gasteiger charge is -2.12. The lowest BCUT2D eigenvalue weighted by Crippen LogP contribution is -2.26. The number of methoxy groups -OCH3 is 1. The van der Waals surface area contributed by atoms with Gasteiger partial charge in [-0.1, -0.05) is 0 Å². The first-order valence-corrected chi connectivity index (χ1v) is 9.95. The third-order valence-corrected chi connectivity index (χ3v) is 5.63. The number of carbonyl (C=O) groups excluding carboxylic acids is 2. The number of hydrogen-bond donors (Lipinski definition) is 1. The molecule has 1 fully saturated rings. The van der Waals surface area contributed by atoms with Gasteiger partial charge in [-0.25, -0.2) is 22.3 Å². The number of Topliss-reactive ketones (excluding diaryl/α,β-unsaturated/α-hetero) is 1. The highest BCUT2D eigenvalue weighted by Gasteiger charge is 2.30.